The molecule has 0 radical (unpaired) electrons. The van der Waals surface area contributed by atoms with Crippen molar-refractivity contribution < 1.29 is 8.42 Å². The summed E-state index contributed by atoms with van der Waals surface area (Å²) in [5.74, 6) is 5.28. The summed E-state index contributed by atoms with van der Waals surface area (Å²) in [6, 6.07) is 7.00. The molecule has 4 N–H and O–H groups in total. The van der Waals surface area contributed by atoms with Gasteiger partial charge in [-0.25, -0.2) is 18.1 Å². The van der Waals surface area contributed by atoms with Crippen LogP contribution in [0.5, 0.6) is 0 Å². The molecule has 0 bridgehead atoms. The smallest absolute Gasteiger partial charge is 0.260 e. The third kappa shape index (κ3) is 3.29. The van der Waals surface area contributed by atoms with Crippen LogP contribution in [-0.2, 0) is 16.6 Å². The molecule has 2 aromatic heterocycles. The van der Waals surface area contributed by atoms with Crippen molar-refractivity contribution in [3.63, 3.8) is 0 Å². The zero-order chi connectivity index (χ0) is 13.9. The molecular formula is C11H14N4O2S2. The molecule has 0 saturated carbocycles. The zero-order valence-corrected chi connectivity index (χ0v) is 11.9. The van der Waals surface area contributed by atoms with Gasteiger partial charge in [0, 0.05) is 22.5 Å². The van der Waals surface area contributed by atoms with Crippen molar-refractivity contribution in [3.8, 4) is 0 Å². The number of hydrazine groups is 1. The van der Waals surface area contributed by atoms with E-state index < -0.39 is 10.0 Å². The minimum absolute atomic E-state index is 0.106. The van der Waals surface area contributed by atoms with E-state index >= 15 is 0 Å². The molecule has 0 saturated heterocycles. The van der Waals surface area contributed by atoms with Gasteiger partial charge in [0.15, 0.2) is 5.03 Å². The molecule has 8 heteroatoms. The molecule has 0 amide bonds. The maximum absolute atomic E-state index is 12.1. The van der Waals surface area contributed by atoms with Crippen LogP contribution in [0.25, 0.3) is 0 Å². The molecule has 0 spiro atoms. The molecule has 2 aromatic rings. The molecule has 19 heavy (non-hydrogen) atoms. The average molecular weight is 298 g/mol. The second-order valence-corrected chi connectivity index (χ2v) is 6.89. The third-order valence-corrected chi connectivity index (χ3v) is 4.77. The van der Waals surface area contributed by atoms with E-state index in [0.29, 0.717) is 0 Å². The van der Waals surface area contributed by atoms with Crippen LogP contribution < -0.4 is 16.0 Å². The van der Waals surface area contributed by atoms with Crippen molar-refractivity contribution in [1.82, 2.24) is 9.71 Å². The molecule has 0 fully saturated rings. The van der Waals surface area contributed by atoms with Gasteiger partial charge in [0.1, 0.15) is 0 Å². The number of thiophene rings is 1. The Labute approximate surface area is 115 Å². The van der Waals surface area contributed by atoms with Gasteiger partial charge in [0.2, 0.25) is 0 Å². The zero-order valence-electron chi connectivity index (χ0n) is 10.3. The van der Waals surface area contributed by atoms with Crippen LogP contribution in [0, 0.1) is 6.92 Å². The van der Waals surface area contributed by atoms with E-state index in [9.17, 15) is 8.42 Å². The molecule has 102 valence electrons. The largest absolute Gasteiger partial charge is 0.321 e. The fourth-order valence-electron chi connectivity index (χ4n) is 1.53. The minimum Gasteiger partial charge on any atom is -0.321 e. The standard InChI is InChI=1S/C11H14N4O2S2/c1-8-4-5-9(18-8)7-14-19(16,17)11-10(15-12)3-2-6-13-11/h2-6,14-15H,7,12H2,1H3. The molecule has 0 unspecified atom stereocenters. The highest BCUT2D eigenvalue weighted by atomic mass is 32.2. The molecule has 6 nitrogen and oxygen atoms in total. The third-order valence-electron chi connectivity index (χ3n) is 2.41. The predicted molar refractivity (Wildman–Crippen MR) is 75.1 cm³/mol. The Morgan fingerprint density at radius 1 is 1.37 bits per heavy atom. The first-order chi connectivity index (χ1) is 9.03. The maximum atomic E-state index is 12.1. The molecule has 0 aliphatic heterocycles. The second kappa shape index (κ2) is 5.66. The SMILES string of the molecule is Cc1ccc(CNS(=O)(=O)c2ncccc2NN)s1. The van der Waals surface area contributed by atoms with Crippen LogP contribution in [-0.4, -0.2) is 13.4 Å². The number of nitrogens with zero attached hydrogens (tertiary/aromatic N) is 1. The number of aryl methyl sites for hydroxylation is 1. The lowest BCUT2D eigenvalue weighted by Crippen LogP contribution is -2.25. The van der Waals surface area contributed by atoms with Crippen LogP contribution >= 0.6 is 11.3 Å². The average Bonchev–Trinajstić information content (AvgIpc) is 2.82. The number of anilines is 1. The van der Waals surface area contributed by atoms with Crippen molar-refractivity contribution in [3.05, 3.63) is 40.2 Å². The van der Waals surface area contributed by atoms with E-state index in [1.165, 1.54) is 6.20 Å². The number of sulfonamides is 1. The number of hydrogen-bond acceptors (Lipinski definition) is 6. The van der Waals surface area contributed by atoms with Gasteiger partial charge >= 0.3 is 0 Å². The van der Waals surface area contributed by atoms with Crippen LogP contribution in [0.1, 0.15) is 9.75 Å². The van der Waals surface area contributed by atoms with E-state index in [4.69, 9.17) is 5.84 Å². The summed E-state index contributed by atoms with van der Waals surface area (Å²) >= 11 is 1.55. The molecule has 0 atom stereocenters. The molecule has 0 aliphatic rings. The van der Waals surface area contributed by atoms with Crippen molar-refractivity contribution >= 4 is 27.0 Å². The lowest BCUT2D eigenvalue weighted by molar-refractivity contribution is 0.578. The topological polar surface area (TPSA) is 97.1 Å². The summed E-state index contributed by atoms with van der Waals surface area (Å²) in [5.41, 5.74) is 2.59. The van der Waals surface area contributed by atoms with Crippen LogP contribution in [0.15, 0.2) is 35.5 Å². The predicted octanol–water partition coefficient (Wildman–Crippen LogP) is 1.22. The Bertz CT molecular complexity index is 667. The van der Waals surface area contributed by atoms with Gasteiger partial charge < -0.3 is 5.43 Å². The Hall–Kier alpha value is -1.48. The number of hydrogen-bond donors (Lipinski definition) is 3. The highest BCUT2D eigenvalue weighted by Gasteiger charge is 2.19. The lowest BCUT2D eigenvalue weighted by Gasteiger charge is -2.09. The first kappa shape index (κ1) is 13.9. The number of nitrogen functional groups attached to an aromatic ring is 1. The molecule has 0 aliphatic carbocycles. The van der Waals surface area contributed by atoms with Crippen molar-refractivity contribution in [1.29, 1.82) is 0 Å². The van der Waals surface area contributed by atoms with Gasteiger partial charge in [-0.2, -0.15) is 0 Å². The van der Waals surface area contributed by atoms with E-state index in [-0.39, 0.29) is 17.3 Å². The summed E-state index contributed by atoms with van der Waals surface area (Å²) in [5, 5.41) is -0.106. The maximum Gasteiger partial charge on any atom is 0.260 e. The first-order valence-electron chi connectivity index (χ1n) is 5.49. The number of rotatable bonds is 5. The van der Waals surface area contributed by atoms with E-state index in [0.717, 1.165) is 9.75 Å². The molecular weight excluding hydrogens is 284 g/mol. The van der Waals surface area contributed by atoms with Crippen molar-refractivity contribution in [2.75, 3.05) is 5.43 Å². The number of nitrogens with one attached hydrogen (secondary N) is 2. The summed E-state index contributed by atoms with van der Waals surface area (Å²) < 4.78 is 26.8. The Balaban J connectivity index is 2.18. The normalized spacial score (nSPS) is 11.5. The van der Waals surface area contributed by atoms with Crippen LogP contribution in [0.3, 0.4) is 0 Å². The molecule has 2 rings (SSSR count). The van der Waals surface area contributed by atoms with E-state index in [1.54, 1.807) is 23.5 Å². The Kier molecular flexibility index (Phi) is 4.15. The number of nitrogens with two attached hydrogens (primary N) is 1. The Morgan fingerprint density at radius 2 is 2.16 bits per heavy atom. The quantitative estimate of drug-likeness (QED) is 0.569. The fraction of sp³-hybridized carbons (Fsp3) is 0.182. The number of aromatic nitrogens is 1. The summed E-state index contributed by atoms with van der Waals surface area (Å²) in [4.78, 5) is 5.93. The van der Waals surface area contributed by atoms with E-state index in [2.05, 4.69) is 15.1 Å². The van der Waals surface area contributed by atoms with E-state index in [1.807, 2.05) is 19.1 Å². The van der Waals surface area contributed by atoms with Gasteiger partial charge in [-0.1, -0.05) is 0 Å². The highest BCUT2D eigenvalue weighted by Crippen LogP contribution is 2.18. The van der Waals surface area contributed by atoms with Gasteiger partial charge in [0.05, 0.1) is 5.69 Å². The summed E-state index contributed by atoms with van der Waals surface area (Å²) in [6.07, 6.45) is 1.41. The highest BCUT2D eigenvalue weighted by molar-refractivity contribution is 7.89. The monoisotopic (exact) mass is 298 g/mol. The van der Waals surface area contributed by atoms with Crippen LogP contribution in [0.2, 0.25) is 0 Å². The first-order valence-corrected chi connectivity index (χ1v) is 7.79. The lowest BCUT2D eigenvalue weighted by atomic mass is 10.4. The number of pyridine rings is 1. The van der Waals surface area contributed by atoms with Gasteiger partial charge in [0.25, 0.3) is 10.0 Å². The van der Waals surface area contributed by atoms with Gasteiger partial charge in [-0.15, -0.1) is 11.3 Å². The molecule has 0 aromatic carbocycles. The fourth-order valence-corrected chi connectivity index (χ4v) is 3.55. The van der Waals surface area contributed by atoms with Crippen LogP contribution in [0.4, 0.5) is 5.69 Å². The van der Waals surface area contributed by atoms with Crippen molar-refractivity contribution in [2.24, 2.45) is 5.84 Å². The second-order valence-electron chi connectivity index (χ2n) is 3.84. The van der Waals surface area contributed by atoms with Gasteiger partial charge in [-0.05, 0) is 31.2 Å². The summed E-state index contributed by atoms with van der Waals surface area (Å²) in [7, 11) is -3.69. The van der Waals surface area contributed by atoms with Gasteiger partial charge in [-0.3, -0.25) is 5.84 Å². The molecule has 2 heterocycles. The van der Waals surface area contributed by atoms with Crippen molar-refractivity contribution in [2.45, 2.75) is 18.5 Å². The summed E-state index contributed by atoms with van der Waals surface area (Å²) in [6.45, 7) is 2.21. The minimum atomic E-state index is -3.69. The Morgan fingerprint density at radius 3 is 2.79 bits per heavy atom.